The van der Waals surface area contributed by atoms with E-state index in [-0.39, 0.29) is 6.10 Å². The fourth-order valence-corrected chi connectivity index (χ4v) is 35.2. The number of rotatable bonds is 9. The summed E-state index contributed by atoms with van der Waals surface area (Å²) in [6.45, 7) is 28.9. The Morgan fingerprint density at radius 3 is 1.90 bits per heavy atom. The largest absolute Gasteiger partial charge is 0.438 e. The van der Waals surface area contributed by atoms with E-state index < -0.39 is 60.6 Å². The van der Waals surface area contributed by atoms with Gasteiger partial charge in [0.2, 0.25) is 0 Å². The van der Waals surface area contributed by atoms with Crippen LogP contribution >= 0.6 is 0 Å². The maximum absolute atomic E-state index is 6.87. The van der Waals surface area contributed by atoms with Crippen LogP contribution < -0.4 is 0 Å². The van der Waals surface area contributed by atoms with Crippen molar-refractivity contribution in [3.8, 4) is 0 Å². The van der Waals surface area contributed by atoms with E-state index in [1.807, 2.05) is 0 Å². The topological polar surface area (TPSA) is 55.4 Å². The van der Waals surface area contributed by atoms with Gasteiger partial charge in [0, 0.05) is 6.10 Å². The molecule has 0 amide bonds. The minimum atomic E-state index is -2.42. The molecular weight excluding hydrogens is 497 g/mol. The highest BCUT2D eigenvalue weighted by Gasteiger charge is 2.47. The van der Waals surface area contributed by atoms with Gasteiger partial charge < -0.3 is 25.0 Å². The van der Waals surface area contributed by atoms with Gasteiger partial charge in [-0.3, -0.25) is 0 Å². The van der Waals surface area contributed by atoms with Crippen molar-refractivity contribution >= 4 is 60.6 Å². The molecule has 5 unspecified atom stereocenters. The van der Waals surface area contributed by atoms with Crippen molar-refractivity contribution in [2.45, 2.75) is 110 Å². The standard InChI is InChI=1S/C17H48O6Si7/c1-17-16-29(12,20-25(3)19-24(2)18-17)14-15-30(13,22-27(7,8)9)23-28(10,11)21-26(4,5)6/h17,24-25H,14-16H2,1-13H3. The second kappa shape index (κ2) is 10.7. The van der Waals surface area contributed by atoms with Crippen LogP contribution in [0.4, 0.5) is 0 Å². The monoisotopic (exact) mass is 544 g/mol. The molecule has 1 saturated heterocycles. The minimum absolute atomic E-state index is 0.206. The van der Waals surface area contributed by atoms with Crippen molar-refractivity contribution in [1.82, 2.24) is 0 Å². The Bertz CT molecular complexity index is 540. The van der Waals surface area contributed by atoms with Crippen LogP contribution in [0.25, 0.3) is 0 Å². The Balaban J connectivity index is 3.00. The van der Waals surface area contributed by atoms with Crippen LogP contribution in [0.5, 0.6) is 0 Å². The van der Waals surface area contributed by atoms with E-state index >= 15 is 0 Å². The Hall–Kier alpha value is 1.28. The quantitative estimate of drug-likeness (QED) is 0.372. The molecule has 0 aromatic carbocycles. The summed E-state index contributed by atoms with van der Waals surface area (Å²) in [6.07, 6.45) is 0.206. The zero-order valence-electron chi connectivity index (χ0n) is 21.8. The summed E-state index contributed by atoms with van der Waals surface area (Å²) >= 11 is 0. The summed E-state index contributed by atoms with van der Waals surface area (Å²) in [5.41, 5.74) is 0. The lowest BCUT2D eigenvalue weighted by molar-refractivity contribution is 0.185. The molecule has 1 rings (SSSR count). The van der Waals surface area contributed by atoms with E-state index in [1.165, 1.54) is 0 Å². The summed E-state index contributed by atoms with van der Waals surface area (Å²) in [5, 5.41) is 0. The van der Waals surface area contributed by atoms with Gasteiger partial charge in [0.05, 0.1) is 0 Å². The normalized spacial score (nSPS) is 31.7. The van der Waals surface area contributed by atoms with Crippen LogP contribution in [0.1, 0.15) is 6.92 Å². The van der Waals surface area contributed by atoms with E-state index in [0.717, 1.165) is 18.1 Å². The summed E-state index contributed by atoms with van der Waals surface area (Å²) in [5.74, 6) is 0. The molecule has 6 nitrogen and oxygen atoms in total. The smallest absolute Gasteiger partial charge is 0.315 e. The summed E-state index contributed by atoms with van der Waals surface area (Å²) in [6, 6.07) is 3.00. The predicted molar refractivity (Wildman–Crippen MR) is 144 cm³/mol. The molecule has 0 bridgehead atoms. The average molecular weight is 545 g/mol. The lowest BCUT2D eigenvalue weighted by atomic mass is 10.5. The van der Waals surface area contributed by atoms with E-state index in [9.17, 15) is 0 Å². The van der Waals surface area contributed by atoms with Crippen molar-refractivity contribution in [1.29, 1.82) is 0 Å². The Labute approximate surface area is 194 Å². The van der Waals surface area contributed by atoms with Gasteiger partial charge in [0.1, 0.15) is 0 Å². The minimum Gasteiger partial charge on any atom is -0.438 e. The van der Waals surface area contributed by atoms with Gasteiger partial charge >= 0.3 is 26.4 Å². The highest BCUT2D eigenvalue weighted by atomic mass is 28.5. The summed E-state index contributed by atoms with van der Waals surface area (Å²) in [7, 11) is -13.3. The van der Waals surface area contributed by atoms with Crippen molar-refractivity contribution in [3.05, 3.63) is 0 Å². The van der Waals surface area contributed by atoms with Gasteiger partial charge in [-0.05, 0) is 104 Å². The first-order valence-electron chi connectivity index (χ1n) is 11.3. The predicted octanol–water partition coefficient (Wildman–Crippen LogP) is 5.21. The van der Waals surface area contributed by atoms with E-state index in [2.05, 4.69) is 85.5 Å². The fraction of sp³-hybridized carbons (Fsp3) is 1.00. The van der Waals surface area contributed by atoms with Gasteiger partial charge in [-0.15, -0.1) is 0 Å². The van der Waals surface area contributed by atoms with Crippen molar-refractivity contribution in [3.63, 3.8) is 0 Å². The molecule has 0 N–H and O–H groups in total. The zero-order valence-corrected chi connectivity index (χ0v) is 29.1. The molecule has 0 radical (unpaired) electrons. The fourth-order valence-electron chi connectivity index (χ4n) is 4.46. The maximum atomic E-state index is 6.87. The Kier molecular flexibility index (Phi) is 10.4. The summed E-state index contributed by atoms with van der Waals surface area (Å²) in [4.78, 5) is 0. The molecule has 0 spiro atoms. The molecule has 5 atom stereocenters. The van der Waals surface area contributed by atoms with Crippen LogP contribution in [-0.4, -0.2) is 66.7 Å². The van der Waals surface area contributed by atoms with Gasteiger partial charge in [0.15, 0.2) is 25.0 Å². The Morgan fingerprint density at radius 1 is 0.867 bits per heavy atom. The van der Waals surface area contributed by atoms with Gasteiger partial charge in [-0.2, -0.15) is 0 Å². The third kappa shape index (κ3) is 11.9. The number of hydrogen-bond acceptors (Lipinski definition) is 6. The summed E-state index contributed by atoms with van der Waals surface area (Å²) < 4.78 is 39.1. The van der Waals surface area contributed by atoms with Crippen molar-refractivity contribution in [2.75, 3.05) is 0 Å². The molecule has 1 aliphatic rings. The van der Waals surface area contributed by atoms with Gasteiger partial charge in [-0.25, -0.2) is 0 Å². The molecule has 180 valence electrons. The molecule has 0 saturated carbocycles. The lowest BCUT2D eigenvalue weighted by Crippen LogP contribution is -2.58. The maximum Gasteiger partial charge on any atom is 0.315 e. The highest BCUT2D eigenvalue weighted by Crippen LogP contribution is 2.33. The molecule has 0 aromatic rings. The second-order valence-electron chi connectivity index (χ2n) is 11.6. The highest BCUT2D eigenvalue weighted by molar-refractivity contribution is 6.90. The third-order valence-electron chi connectivity index (χ3n) is 4.62. The van der Waals surface area contributed by atoms with E-state index in [4.69, 9.17) is 25.0 Å². The zero-order chi connectivity index (χ0) is 23.6. The third-order valence-corrected chi connectivity index (χ3v) is 28.8. The Morgan fingerprint density at radius 2 is 1.40 bits per heavy atom. The first-order chi connectivity index (χ1) is 13.2. The molecule has 13 heteroatoms. The first kappa shape index (κ1) is 29.3. The molecule has 30 heavy (non-hydrogen) atoms. The molecular formula is C17H48O6Si7. The molecule has 0 aliphatic carbocycles. The van der Waals surface area contributed by atoms with Crippen LogP contribution in [0.2, 0.25) is 96.7 Å². The molecule has 1 heterocycles. The lowest BCUT2D eigenvalue weighted by Gasteiger charge is -2.43. The van der Waals surface area contributed by atoms with Crippen LogP contribution in [-0.2, 0) is 25.0 Å². The van der Waals surface area contributed by atoms with Gasteiger partial charge in [0.25, 0.3) is 9.28 Å². The average Bonchev–Trinajstić information content (AvgIpc) is 2.37. The second-order valence-corrected chi connectivity index (χ2v) is 36.4. The first-order valence-corrected chi connectivity index (χ1v) is 30.5. The van der Waals surface area contributed by atoms with Crippen LogP contribution in [0.3, 0.4) is 0 Å². The SMILES string of the molecule is CC1C[Si](C)(CC[Si](C)(O[Si](C)(C)C)O[Si](C)(C)O[Si](C)(C)C)O[SiH](C)O[SiH](C)O1. The van der Waals surface area contributed by atoms with Crippen molar-refractivity contribution in [2.24, 2.45) is 0 Å². The van der Waals surface area contributed by atoms with E-state index in [1.54, 1.807) is 0 Å². The van der Waals surface area contributed by atoms with Crippen LogP contribution in [0.15, 0.2) is 0 Å². The van der Waals surface area contributed by atoms with Crippen molar-refractivity contribution < 1.29 is 25.0 Å². The number of hydrogen-bond donors (Lipinski definition) is 0. The molecule has 0 aromatic heterocycles. The molecule has 1 fully saturated rings. The van der Waals surface area contributed by atoms with Crippen LogP contribution in [0, 0.1) is 0 Å². The van der Waals surface area contributed by atoms with Gasteiger partial charge in [-0.1, -0.05) is 0 Å². The van der Waals surface area contributed by atoms with E-state index in [0.29, 0.717) is 0 Å². The molecule has 1 aliphatic heterocycles.